The first kappa shape index (κ1) is 19.3. The summed E-state index contributed by atoms with van der Waals surface area (Å²) in [5, 5.41) is 4.97. The van der Waals surface area contributed by atoms with Gasteiger partial charge in [-0.1, -0.05) is 48.5 Å². The van der Waals surface area contributed by atoms with E-state index in [2.05, 4.69) is 17.4 Å². The van der Waals surface area contributed by atoms with Crippen molar-refractivity contribution in [3.63, 3.8) is 0 Å². The van der Waals surface area contributed by atoms with E-state index in [1.165, 1.54) is 5.56 Å². The first-order valence-electron chi connectivity index (χ1n) is 10.1. The number of hydrogen-bond donors (Lipinski definition) is 2. The zero-order valence-corrected chi connectivity index (χ0v) is 17.6. The van der Waals surface area contributed by atoms with Gasteiger partial charge in [0.2, 0.25) is 0 Å². The minimum absolute atomic E-state index is 0.237. The number of nitrogen functional groups attached to an aromatic ring is 1. The molecule has 3 heterocycles. The molecule has 0 unspecified atom stereocenters. The van der Waals surface area contributed by atoms with Crippen molar-refractivity contribution in [1.29, 1.82) is 0 Å². The predicted molar refractivity (Wildman–Crippen MR) is 125 cm³/mol. The van der Waals surface area contributed by atoms with Crippen molar-refractivity contribution in [3.8, 4) is 0 Å². The van der Waals surface area contributed by atoms with Gasteiger partial charge in [-0.3, -0.25) is 4.79 Å². The van der Waals surface area contributed by atoms with Crippen LogP contribution in [0, 0.1) is 0 Å². The van der Waals surface area contributed by atoms with Gasteiger partial charge in [0, 0.05) is 11.4 Å². The SMILES string of the molecule is Nc1c(C(=O)NCc2cccs2)c2nc3ccccc3nc2n1CCc1ccccc1. The van der Waals surface area contributed by atoms with Crippen LogP contribution in [-0.2, 0) is 19.5 Å². The second-order valence-corrected chi connectivity index (χ2v) is 8.33. The van der Waals surface area contributed by atoms with Gasteiger partial charge in [-0.25, -0.2) is 9.97 Å². The Morgan fingerprint density at radius 3 is 2.45 bits per heavy atom. The number of nitrogens with one attached hydrogen (secondary N) is 1. The van der Waals surface area contributed by atoms with E-state index >= 15 is 0 Å². The molecule has 0 bridgehead atoms. The van der Waals surface area contributed by atoms with Crippen LogP contribution in [0.3, 0.4) is 0 Å². The van der Waals surface area contributed by atoms with Crippen LogP contribution in [0.2, 0.25) is 0 Å². The number of nitrogens with zero attached hydrogens (tertiary/aromatic N) is 3. The second-order valence-electron chi connectivity index (χ2n) is 7.29. The van der Waals surface area contributed by atoms with Crippen molar-refractivity contribution < 1.29 is 4.79 Å². The summed E-state index contributed by atoms with van der Waals surface area (Å²) in [5.41, 5.74) is 10.8. The number of thiophene rings is 1. The van der Waals surface area contributed by atoms with Crippen LogP contribution in [0.15, 0.2) is 72.1 Å². The maximum absolute atomic E-state index is 13.1. The van der Waals surface area contributed by atoms with Gasteiger partial charge in [0.05, 0.1) is 17.6 Å². The number of aromatic nitrogens is 3. The summed E-state index contributed by atoms with van der Waals surface area (Å²) < 4.78 is 1.90. The first-order chi connectivity index (χ1) is 15.2. The third-order valence-electron chi connectivity index (χ3n) is 5.29. The molecule has 0 radical (unpaired) electrons. The fourth-order valence-electron chi connectivity index (χ4n) is 3.72. The summed E-state index contributed by atoms with van der Waals surface area (Å²) in [7, 11) is 0. The highest BCUT2D eigenvalue weighted by molar-refractivity contribution is 7.09. The number of benzene rings is 2. The molecule has 0 atom stereocenters. The molecule has 0 spiro atoms. The van der Waals surface area contributed by atoms with E-state index in [0.717, 1.165) is 22.3 Å². The Morgan fingerprint density at radius 2 is 1.71 bits per heavy atom. The van der Waals surface area contributed by atoms with E-state index in [4.69, 9.17) is 15.7 Å². The Balaban J connectivity index is 1.57. The largest absolute Gasteiger partial charge is 0.384 e. The van der Waals surface area contributed by atoms with Gasteiger partial charge in [-0.05, 0) is 35.6 Å². The number of carbonyl (C=O) groups excluding carboxylic acids is 1. The van der Waals surface area contributed by atoms with E-state index in [9.17, 15) is 4.79 Å². The molecule has 154 valence electrons. The molecule has 3 aromatic heterocycles. The van der Waals surface area contributed by atoms with Crippen LogP contribution in [0.5, 0.6) is 0 Å². The van der Waals surface area contributed by atoms with Gasteiger partial charge in [0.15, 0.2) is 5.65 Å². The lowest BCUT2D eigenvalue weighted by Crippen LogP contribution is -2.23. The van der Waals surface area contributed by atoms with Gasteiger partial charge in [-0.2, -0.15) is 0 Å². The van der Waals surface area contributed by atoms with E-state index in [-0.39, 0.29) is 5.91 Å². The molecule has 0 aliphatic carbocycles. The van der Waals surface area contributed by atoms with Gasteiger partial charge in [-0.15, -0.1) is 11.3 Å². The van der Waals surface area contributed by atoms with Gasteiger partial charge >= 0.3 is 0 Å². The zero-order chi connectivity index (χ0) is 21.2. The van der Waals surface area contributed by atoms with Crippen molar-refractivity contribution >= 4 is 45.3 Å². The number of fused-ring (bicyclic) bond motifs is 2. The fraction of sp³-hybridized carbons (Fsp3) is 0.125. The second kappa shape index (κ2) is 8.20. The van der Waals surface area contributed by atoms with Crippen LogP contribution in [-0.4, -0.2) is 20.4 Å². The molecule has 1 amide bonds. The Kier molecular flexibility index (Phi) is 5.09. The van der Waals surface area contributed by atoms with Crippen LogP contribution in [0.4, 0.5) is 5.82 Å². The molecule has 6 nitrogen and oxygen atoms in total. The van der Waals surface area contributed by atoms with Crippen LogP contribution in [0.25, 0.3) is 22.2 Å². The zero-order valence-electron chi connectivity index (χ0n) is 16.8. The predicted octanol–water partition coefficient (Wildman–Crippen LogP) is 4.40. The van der Waals surface area contributed by atoms with Crippen LogP contribution < -0.4 is 11.1 Å². The first-order valence-corrected chi connectivity index (χ1v) is 11.0. The number of nitrogens with two attached hydrogens (primary N) is 1. The number of aryl methyl sites for hydroxylation is 2. The standard InChI is InChI=1S/C24H21N5OS/c25-22-20(24(30)26-15-17-9-6-14-31-17)21-23(28-19-11-5-4-10-18(19)27-21)29(22)13-12-16-7-2-1-3-8-16/h1-11,14H,12-13,15,25H2,(H,26,30). The van der Waals surface area contributed by atoms with E-state index in [1.54, 1.807) is 11.3 Å². The van der Waals surface area contributed by atoms with E-state index < -0.39 is 0 Å². The third kappa shape index (κ3) is 3.75. The molecule has 7 heteroatoms. The summed E-state index contributed by atoms with van der Waals surface area (Å²) >= 11 is 1.60. The van der Waals surface area contributed by atoms with Crippen LogP contribution >= 0.6 is 11.3 Å². The molecule has 0 aliphatic rings. The lowest BCUT2D eigenvalue weighted by molar-refractivity contribution is 0.0953. The van der Waals surface area contributed by atoms with E-state index in [1.807, 2.05) is 64.5 Å². The molecule has 0 saturated heterocycles. The smallest absolute Gasteiger partial charge is 0.257 e. The molecule has 0 saturated carbocycles. The summed E-state index contributed by atoms with van der Waals surface area (Å²) in [6, 6.07) is 21.8. The monoisotopic (exact) mass is 427 g/mol. The lowest BCUT2D eigenvalue weighted by Gasteiger charge is -2.08. The average molecular weight is 428 g/mol. The molecule has 5 aromatic rings. The summed E-state index contributed by atoms with van der Waals surface area (Å²) in [6.45, 7) is 1.06. The topological polar surface area (TPSA) is 85.8 Å². The normalized spacial score (nSPS) is 11.2. The number of para-hydroxylation sites is 2. The molecule has 2 aromatic carbocycles. The van der Waals surface area contributed by atoms with Gasteiger partial charge in [0.1, 0.15) is 16.9 Å². The van der Waals surface area contributed by atoms with Crippen molar-refractivity contribution in [1.82, 2.24) is 19.9 Å². The molecule has 3 N–H and O–H groups in total. The minimum Gasteiger partial charge on any atom is -0.384 e. The molecule has 5 rings (SSSR count). The molecule has 0 fully saturated rings. The van der Waals surface area contributed by atoms with Gasteiger partial charge < -0.3 is 15.6 Å². The maximum Gasteiger partial charge on any atom is 0.257 e. The minimum atomic E-state index is -0.237. The summed E-state index contributed by atoms with van der Waals surface area (Å²) in [5.74, 6) is 0.156. The molecular weight excluding hydrogens is 406 g/mol. The van der Waals surface area contributed by atoms with E-state index in [0.29, 0.717) is 35.6 Å². The number of carbonyl (C=O) groups is 1. The highest BCUT2D eigenvalue weighted by Gasteiger charge is 2.23. The van der Waals surface area contributed by atoms with Crippen molar-refractivity contribution in [3.05, 3.63) is 88.1 Å². The number of anilines is 1. The Bertz CT molecular complexity index is 1360. The quantitative estimate of drug-likeness (QED) is 0.421. The highest BCUT2D eigenvalue weighted by Crippen LogP contribution is 2.28. The molecule has 0 aliphatic heterocycles. The fourth-order valence-corrected chi connectivity index (χ4v) is 4.37. The maximum atomic E-state index is 13.1. The lowest BCUT2D eigenvalue weighted by atomic mass is 10.1. The van der Waals surface area contributed by atoms with Gasteiger partial charge in [0.25, 0.3) is 5.91 Å². The van der Waals surface area contributed by atoms with Crippen LogP contribution in [0.1, 0.15) is 20.8 Å². The Morgan fingerprint density at radius 1 is 0.968 bits per heavy atom. The number of hydrogen-bond acceptors (Lipinski definition) is 5. The van der Waals surface area contributed by atoms with Crippen molar-refractivity contribution in [2.75, 3.05) is 5.73 Å². The number of rotatable bonds is 6. The third-order valence-corrected chi connectivity index (χ3v) is 6.17. The van der Waals surface area contributed by atoms with Crippen molar-refractivity contribution in [2.45, 2.75) is 19.5 Å². The molecule has 31 heavy (non-hydrogen) atoms. The molecular formula is C24H21N5OS. The average Bonchev–Trinajstić information content (AvgIpc) is 3.41. The Labute approximate surface area is 183 Å². The van der Waals surface area contributed by atoms with Crippen molar-refractivity contribution in [2.24, 2.45) is 0 Å². The summed E-state index contributed by atoms with van der Waals surface area (Å²) in [6.07, 6.45) is 0.777. The summed E-state index contributed by atoms with van der Waals surface area (Å²) in [4.78, 5) is 23.8. The Hall–Kier alpha value is -3.71. The highest BCUT2D eigenvalue weighted by atomic mass is 32.1. The number of amides is 1.